The highest BCUT2D eigenvalue weighted by Gasteiger charge is 2.29. The topological polar surface area (TPSA) is 75.7 Å². The first-order valence-corrected chi connectivity index (χ1v) is 6.44. The molecule has 0 radical (unpaired) electrons. The van der Waals surface area contributed by atoms with Gasteiger partial charge in [-0.3, -0.25) is 0 Å². The summed E-state index contributed by atoms with van der Waals surface area (Å²) in [5.74, 6) is 0.759. The number of hydrogen-bond acceptors (Lipinski definition) is 4. The summed E-state index contributed by atoms with van der Waals surface area (Å²) in [7, 11) is 1.50. The number of benzene rings is 1. The molecule has 0 bridgehead atoms. The van der Waals surface area contributed by atoms with Crippen molar-refractivity contribution in [1.82, 2.24) is 0 Å². The van der Waals surface area contributed by atoms with E-state index in [4.69, 9.17) is 10.5 Å². The Bertz CT molecular complexity index is 408. The van der Waals surface area contributed by atoms with Crippen molar-refractivity contribution in [2.75, 3.05) is 7.11 Å². The van der Waals surface area contributed by atoms with Crippen LogP contribution in [-0.4, -0.2) is 23.4 Å². The third kappa shape index (κ3) is 3.53. The van der Waals surface area contributed by atoms with E-state index in [2.05, 4.69) is 0 Å². The Labute approximate surface area is 120 Å². The molecule has 4 N–H and O–H groups in total. The summed E-state index contributed by atoms with van der Waals surface area (Å²) < 4.78 is 4.99. The van der Waals surface area contributed by atoms with Crippen molar-refractivity contribution < 1.29 is 14.9 Å². The highest BCUT2D eigenvalue weighted by atomic mass is 35.5. The molecule has 1 aliphatic rings. The summed E-state index contributed by atoms with van der Waals surface area (Å²) in [4.78, 5) is 0. The number of halogens is 1. The number of aliphatic hydroxyl groups is 1. The van der Waals surface area contributed by atoms with Gasteiger partial charge in [-0.1, -0.05) is 18.9 Å². The molecule has 1 aliphatic carbocycles. The molecule has 1 saturated carbocycles. The van der Waals surface area contributed by atoms with Crippen LogP contribution >= 0.6 is 12.4 Å². The molecule has 5 heteroatoms. The minimum atomic E-state index is -0.541. The lowest BCUT2D eigenvalue weighted by atomic mass is 9.91. The van der Waals surface area contributed by atoms with Crippen LogP contribution in [-0.2, 0) is 0 Å². The number of nitrogens with two attached hydrogens (primary N) is 1. The number of rotatable bonds is 4. The molecule has 0 aromatic heterocycles. The lowest BCUT2D eigenvalue weighted by molar-refractivity contribution is 0.0844. The van der Waals surface area contributed by atoms with Crippen molar-refractivity contribution in [3.63, 3.8) is 0 Å². The zero-order valence-electron chi connectivity index (χ0n) is 11.1. The molecule has 2 atom stereocenters. The van der Waals surface area contributed by atoms with Gasteiger partial charge in [-0.25, -0.2) is 0 Å². The summed E-state index contributed by atoms with van der Waals surface area (Å²) in [5.41, 5.74) is 6.82. The van der Waals surface area contributed by atoms with Crippen molar-refractivity contribution in [3.8, 4) is 11.5 Å². The molecule has 108 valence electrons. The van der Waals surface area contributed by atoms with Gasteiger partial charge in [-0.05, 0) is 36.5 Å². The van der Waals surface area contributed by atoms with E-state index < -0.39 is 12.1 Å². The Kier molecular flexibility index (Phi) is 5.91. The van der Waals surface area contributed by atoms with E-state index in [1.54, 1.807) is 18.2 Å². The number of hydrogen-bond donors (Lipinski definition) is 3. The van der Waals surface area contributed by atoms with Gasteiger partial charge in [-0.2, -0.15) is 0 Å². The minimum absolute atomic E-state index is 0. The standard InChI is InChI=1S/C14H21NO3.ClH/c1-18-12-7-6-10(8-11(12)16)13(15)14(17)9-4-2-3-5-9;/h6-9,13-14,16-17H,2-5,15H2,1H3;1H/t13-,14+;/m0./s1. The number of phenolic OH excluding ortho intramolecular Hbond substituents is 1. The van der Waals surface area contributed by atoms with E-state index in [0.29, 0.717) is 5.75 Å². The second kappa shape index (κ2) is 6.98. The van der Waals surface area contributed by atoms with Gasteiger partial charge >= 0.3 is 0 Å². The third-order valence-corrected chi connectivity index (χ3v) is 3.84. The Hall–Kier alpha value is -0.970. The van der Waals surface area contributed by atoms with E-state index in [9.17, 15) is 10.2 Å². The van der Waals surface area contributed by atoms with Gasteiger partial charge in [0, 0.05) is 0 Å². The summed E-state index contributed by atoms with van der Waals surface area (Å²) in [6.45, 7) is 0. The predicted octanol–water partition coefficient (Wildman–Crippen LogP) is 2.37. The zero-order chi connectivity index (χ0) is 13.1. The molecular formula is C14H22ClNO3. The fraction of sp³-hybridized carbons (Fsp3) is 0.571. The molecule has 1 aromatic rings. The molecule has 0 spiro atoms. The van der Waals surface area contributed by atoms with Crippen LogP contribution in [0.4, 0.5) is 0 Å². The average molecular weight is 288 g/mol. The lowest BCUT2D eigenvalue weighted by Crippen LogP contribution is -2.31. The summed E-state index contributed by atoms with van der Waals surface area (Å²) in [6, 6.07) is 4.58. The second-order valence-electron chi connectivity index (χ2n) is 4.99. The van der Waals surface area contributed by atoms with Crippen molar-refractivity contribution in [3.05, 3.63) is 23.8 Å². The molecule has 0 saturated heterocycles. The minimum Gasteiger partial charge on any atom is -0.504 e. The van der Waals surface area contributed by atoms with Gasteiger partial charge in [0.25, 0.3) is 0 Å². The highest BCUT2D eigenvalue weighted by Crippen LogP contribution is 2.34. The molecule has 1 aromatic carbocycles. The predicted molar refractivity (Wildman–Crippen MR) is 76.8 cm³/mol. The maximum Gasteiger partial charge on any atom is 0.160 e. The molecule has 19 heavy (non-hydrogen) atoms. The number of ether oxygens (including phenoxy) is 1. The number of aliphatic hydroxyl groups excluding tert-OH is 1. The largest absolute Gasteiger partial charge is 0.504 e. The Morgan fingerprint density at radius 1 is 1.32 bits per heavy atom. The molecule has 1 fully saturated rings. The molecular weight excluding hydrogens is 266 g/mol. The maximum absolute atomic E-state index is 10.3. The van der Waals surface area contributed by atoms with Gasteiger partial charge < -0.3 is 20.7 Å². The third-order valence-electron chi connectivity index (χ3n) is 3.84. The van der Waals surface area contributed by atoms with E-state index in [0.717, 1.165) is 18.4 Å². The van der Waals surface area contributed by atoms with Crippen molar-refractivity contribution >= 4 is 12.4 Å². The van der Waals surface area contributed by atoms with Crippen LogP contribution < -0.4 is 10.5 Å². The lowest BCUT2D eigenvalue weighted by Gasteiger charge is -2.24. The molecule has 0 amide bonds. The smallest absolute Gasteiger partial charge is 0.160 e. The van der Waals surface area contributed by atoms with Crippen molar-refractivity contribution in [2.45, 2.75) is 37.8 Å². The average Bonchev–Trinajstić information content (AvgIpc) is 2.90. The fourth-order valence-electron chi connectivity index (χ4n) is 2.70. The Morgan fingerprint density at radius 2 is 1.95 bits per heavy atom. The Morgan fingerprint density at radius 3 is 2.47 bits per heavy atom. The number of phenols is 1. The Balaban J connectivity index is 0.00000180. The van der Waals surface area contributed by atoms with Gasteiger partial charge in [-0.15, -0.1) is 12.4 Å². The van der Waals surface area contributed by atoms with E-state index >= 15 is 0 Å². The monoisotopic (exact) mass is 287 g/mol. The highest BCUT2D eigenvalue weighted by molar-refractivity contribution is 5.85. The molecule has 2 rings (SSSR count). The van der Waals surface area contributed by atoms with Crippen LogP contribution in [0.3, 0.4) is 0 Å². The first-order valence-electron chi connectivity index (χ1n) is 6.44. The quantitative estimate of drug-likeness (QED) is 0.795. The van der Waals surface area contributed by atoms with Gasteiger partial charge in [0.15, 0.2) is 11.5 Å². The maximum atomic E-state index is 10.3. The summed E-state index contributed by atoms with van der Waals surface area (Å²) in [5, 5.41) is 20.0. The molecule has 0 heterocycles. The van der Waals surface area contributed by atoms with E-state index in [-0.39, 0.29) is 24.1 Å². The number of methoxy groups -OCH3 is 1. The van der Waals surface area contributed by atoms with Gasteiger partial charge in [0.2, 0.25) is 0 Å². The zero-order valence-corrected chi connectivity index (χ0v) is 11.9. The van der Waals surface area contributed by atoms with Gasteiger partial charge in [0.05, 0.1) is 19.3 Å². The van der Waals surface area contributed by atoms with Gasteiger partial charge in [0.1, 0.15) is 0 Å². The van der Waals surface area contributed by atoms with Crippen LogP contribution in [0.1, 0.15) is 37.3 Å². The summed E-state index contributed by atoms with van der Waals surface area (Å²) >= 11 is 0. The van der Waals surface area contributed by atoms with E-state index in [1.165, 1.54) is 20.0 Å². The first kappa shape index (κ1) is 16.1. The fourth-order valence-corrected chi connectivity index (χ4v) is 2.70. The normalized spacial score (nSPS) is 18.7. The molecule has 4 nitrogen and oxygen atoms in total. The van der Waals surface area contributed by atoms with Crippen LogP contribution in [0.2, 0.25) is 0 Å². The van der Waals surface area contributed by atoms with Crippen LogP contribution in [0.15, 0.2) is 18.2 Å². The first-order chi connectivity index (χ1) is 8.63. The van der Waals surface area contributed by atoms with Crippen molar-refractivity contribution in [2.24, 2.45) is 11.7 Å². The SMILES string of the molecule is COc1ccc([C@H](N)[C@H](O)C2CCCC2)cc1O.Cl. The van der Waals surface area contributed by atoms with Crippen molar-refractivity contribution in [1.29, 1.82) is 0 Å². The van der Waals surface area contributed by atoms with E-state index in [1.807, 2.05) is 0 Å². The van der Waals surface area contributed by atoms with Crippen LogP contribution in [0, 0.1) is 5.92 Å². The molecule has 0 aliphatic heterocycles. The van der Waals surface area contributed by atoms with Crippen LogP contribution in [0.25, 0.3) is 0 Å². The van der Waals surface area contributed by atoms with Crippen LogP contribution in [0.5, 0.6) is 11.5 Å². The summed E-state index contributed by atoms with van der Waals surface area (Å²) in [6.07, 6.45) is 3.87. The molecule has 0 unspecified atom stereocenters. The second-order valence-corrected chi connectivity index (χ2v) is 4.99. The number of aromatic hydroxyl groups is 1.